The van der Waals surface area contributed by atoms with Crippen LogP contribution in [-0.2, 0) is 22.5 Å². The van der Waals surface area contributed by atoms with Crippen molar-refractivity contribution in [3.63, 3.8) is 0 Å². The van der Waals surface area contributed by atoms with Crippen LogP contribution in [0.1, 0.15) is 41.1 Å². The molecule has 0 aliphatic carbocycles. The van der Waals surface area contributed by atoms with Crippen LogP contribution in [0.4, 0.5) is 5.00 Å². The predicted octanol–water partition coefficient (Wildman–Crippen LogP) is 4.85. The summed E-state index contributed by atoms with van der Waals surface area (Å²) in [4.78, 5) is 29.7. The molecule has 0 fully saturated rings. The lowest BCUT2D eigenvalue weighted by Gasteiger charge is -2.25. The van der Waals surface area contributed by atoms with E-state index in [9.17, 15) is 9.59 Å². The average molecular weight is 485 g/mol. The topological polar surface area (TPSA) is 67.9 Å². The number of anilines is 1. The minimum Gasteiger partial charge on any atom is -0.497 e. The van der Waals surface area contributed by atoms with Gasteiger partial charge in [0.25, 0.3) is 0 Å². The van der Waals surface area contributed by atoms with E-state index in [0.717, 1.165) is 47.1 Å². The van der Waals surface area contributed by atoms with Crippen molar-refractivity contribution in [3.05, 3.63) is 40.3 Å². The monoisotopic (exact) mass is 484 g/mol. The highest BCUT2D eigenvalue weighted by Crippen LogP contribution is 2.37. The van der Waals surface area contributed by atoms with Crippen LogP contribution in [-0.4, -0.2) is 49.3 Å². The molecule has 0 unspecified atom stereocenters. The van der Waals surface area contributed by atoms with E-state index in [-0.39, 0.29) is 24.3 Å². The number of thiophene rings is 1. The number of methoxy groups -OCH3 is 1. The van der Waals surface area contributed by atoms with Crippen molar-refractivity contribution in [2.24, 2.45) is 0 Å². The fourth-order valence-corrected chi connectivity index (χ4v) is 5.50. The Hall–Kier alpha value is -1.74. The predicted molar refractivity (Wildman–Crippen MR) is 129 cm³/mol. The normalized spacial score (nSPS) is 13.1. The average Bonchev–Trinajstić information content (AvgIpc) is 3.11. The minimum atomic E-state index is -0.345. The number of nitrogens with one attached hydrogen (secondary N) is 1. The summed E-state index contributed by atoms with van der Waals surface area (Å²) in [5.74, 6) is 1.03. The molecule has 0 atom stereocenters. The van der Waals surface area contributed by atoms with Crippen LogP contribution in [0.15, 0.2) is 29.2 Å². The third kappa shape index (κ3) is 6.62. The Kier molecular flexibility index (Phi) is 10.2. The van der Waals surface area contributed by atoms with Gasteiger partial charge >= 0.3 is 5.97 Å². The number of carbonyl (C=O) groups is 2. The number of hydrogen-bond acceptors (Lipinski definition) is 7. The van der Waals surface area contributed by atoms with E-state index in [1.54, 1.807) is 25.8 Å². The van der Waals surface area contributed by atoms with Crippen molar-refractivity contribution in [2.75, 3.05) is 37.9 Å². The number of ether oxygens (including phenoxy) is 2. The molecule has 9 heteroatoms. The van der Waals surface area contributed by atoms with Crippen molar-refractivity contribution in [1.29, 1.82) is 0 Å². The molecule has 0 bridgehead atoms. The summed E-state index contributed by atoms with van der Waals surface area (Å²) in [5.41, 5.74) is 1.58. The number of fused-ring (bicyclic) bond motifs is 1. The molecular formula is C22H29ClN2O4S2. The number of rotatable bonds is 9. The van der Waals surface area contributed by atoms with Gasteiger partial charge in [-0.3, -0.25) is 9.69 Å². The summed E-state index contributed by atoms with van der Waals surface area (Å²) < 4.78 is 10.4. The summed E-state index contributed by atoms with van der Waals surface area (Å²) in [6.45, 7) is 6.94. The van der Waals surface area contributed by atoms with E-state index in [2.05, 4.69) is 17.1 Å². The molecule has 0 spiro atoms. The minimum absolute atomic E-state index is 0. The quantitative estimate of drug-likeness (QED) is 0.405. The van der Waals surface area contributed by atoms with Crippen LogP contribution in [0.25, 0.3) is 0 Å². The smallest absolute Gasteiger partial charge is 0.341 e. The number of nitrogens with zero attached hydrogens (tertiary/aromatic N) is 1. The largest absolute Gasteiger partial charge is 0.497 e. The van der Waals surface area contributed by atoms with Crippen molar-refractivity contribution >= 4 is 52.4 Å². The Morgan fingerprint density at radius 3 is 2.61 bits per heavy atom. The standard InChI is InChI=1S/C22H28N2O4S2.ClH/c1-4-24-12-10-17-18(14-24)30-21(20(17)22(26)28-5-2)23-19(25)11-13-29-16-8-6-15(27-3)7-9-16;/h6-9H,4-5,10-14H2,1-3H3,(H,23,25);1H. The number of halogens is 1. The lowest BCUT2D eigenvalue weighted by molar-refractivity contribution is -0.115. The molecule has 1 aromatic heterocycles. The van der Waals surface area contributed by atoms with Crippen LogP contribution < -0.4 is 10.1 Å². The molecule has 2 heterocycles. The van der Waals surface area contributed by atoms with Gasteiger partial charge in [0, 0.05) is 35.0 Å². The van der Waals surface area contributed by atoms with Gasteiger partial charge in [0.05, 0.1) is 19.3 Å². The van der Waals surface area contributed by atoms with E-state index in [1.807, 2.05) is 24.3 Å². The van der Waals surface area contributed by atoms with Crippen LogP contribution in [0.3, 0.4) is 0 Å². The van der Waals surface area contributed by atoms with Gasteiger partial charge in [-0.15, -0.1) is 35.5 Å². The third-order valence-electron chi connectivity index (χ3n) is 4.97. The molecule has 1 amide bonds. The molecule has 3 rings (SSSR count). The van der Waals surface area contributed by atoms with Crippen molar-refractivity contribution in [1.82, 2.24) is 4.90 Å². The van der Waals surface area contributed by atoms with Gasteiger partial charge in [0.15, 0.2) is 0 Å². The van der Waals surface area contributed by atoms with Gasteiger partial charge < -0.3 is 14.8 Å². The first kappa shape index (κ1) is 25.5. The van der Waals surface area contributed by atoms with Gasteiger partial charge in [0.1, 0.15) is 10.8 Å². The number of esters is 1. The van der Waals surface area contributed by atoms with Crippen molar-refractivity contribution in [3.8, 4) is 5.75 Å². The Morgan fingerprint density at radius 1 is 1.23 bits per heavy atom. The molecule has 31 heavy (non-hydrogen) atoms. The Morgan fingerprint density at radius 2 is 1.97 bits per heavy atom. The first-order chi connectivity index (χ1) is 14.5. The van der Waals surface area contributed by atoms with Gasteiger partial charge in [0.2, 0.25) is 5.91 Å². The number of carbonyl (C=O) groups excluding carboxylic acids is 2. The van der Waals surface area contributed by atoms with Crippen LogP contribution >= 0.6 is 35.5 Å². The van der Waals surface area contributed by atoms with Crippen LogP contribution in [0.2, 0.25) is 0 Å². The number of likely N-dealkylation sites (N-methyl/N-ethyl adjacent to an activating group) is 1. The number of hydrogen-bond donors (Lipinski definition) is 1. The maximum absolute atomic E-state index is 12.6. The van der Waals surface area contributed by atoms with E-state index >= 15 is 0 Å². The SMILES string of the molecule is CCOC(=O)c1c(NC(=O)CCSc2ccc(OC)cc2)sc2c1CCN(CC)C2.Cl. The van der Waals surface area contributed by atoms with Crippen LogP contribution in [0, 0.1) is 0 Å². The third-order valence-corrected chi connectivity index (χ3v) is 7.12. The highest BCUT2D eigenvalue weighted by Gasteiger charge is 2.29. The summed E-state index contributed by atoms with van der Waals surface area (Å²) in [6.07, 6.45) is 1.17. The zero-order valence-corrected chi connectivity index (χ0v) is 20.5. The summed E-state index contributed by atoms with van der Waals surface area (Å²) >= 11 is 3.12. The molecule has 1 aromatic carbocycles. The van der Waals surface area contributed by atoms with E-state index in [4.69, 9.17) is 9.47 Å². The van der Waals surface area contributed by atoms with Crippen molar-refractivity contribution < 1.29 is 19.1 Å². The zero-order chi connectivity index (χ0) is 21.5. The fourth-order valence-electron chi connectivity index (χ4n) is 3.36. The summed E-state index contributed by atoms with van der Waals surface area (Å²) in [6, 6.07) is 7.77. The Balaban J connectivity index is 0.00000341. The number of amides is 1. The second-order valence-electron chi connectivity index (χ2n) is 6.87. The number of benzene rings is 1. The van der Waals surface area contributed by atoms with Gasteiger partial charge in [-0.2, -0.15) is 0 Å². The second kappa shape index (κ2) is 12.3. The molecule has 1 N–H and O–H groups in total. The van der Waals surface area contributed by atoms with E-state index in [0.29, 0.717) is 29.3 Å². The molecule has 0 radical (unpaired) electrons. The van der Waals surface area contributed by atoms with Gasteiger partial charge in [-0.1, -0.05) is 6.92 Å². The van der Waals surface area contributed by atoms with E-state index in [1.165, 1.54) is 11.3 Å². The van der Waals surface area contributed by atoms with Gasteiger partial charge in [-0.05, 0) is 49.7 Å². The first-order valence-corrected chi connectivity index (χ1v) is 12.0. The molecular weight excluding hydrogens is 456 g/mol. The maximum atomic E-state index is 12.6. The molecule has 2 aromatic rings. The fraction of sp³-hybridized carbons (Fsp3) is 0.455. The maximum Gasteiger partial charge on any atom is 0.341 e. The highest BCUT2D eigenvalue weighted by molar-refractivity contribution is 7.99. The zero-order valence-electron chi connectivity index (χ0n) is 18.1. The molecule has 170 valence electrons. The van der Waals surface area contributed by atoms with E-state index < -0.39 is 0 Å². The second-order valence-corrected chi connectivity index (χ2v) is 9.14. The van der Waals surface area contributed by atoms with Gasteiger partial charge in [-0.25, -0.2) is 4.79 Å². The first-order valence-electron chi connectivity index (χ1n) is 10.2. The molecule has 0 saturated carbocycles. The van der Waals surface area contributed by atoms with Crippen LogP contribution in [0.5, 0.6) is 5.75 Å². The lowest BCUT2D eigenvalue weighted by atomic mass is 10.0. The molecule has 0 saturated heterocycles. The lowest BCUT2D eigenvalue weighted by Crippen LogP contribution is -2.30. The Bertz CT molecular complexity index is 886. The highest BCUT2D eigenvalue weighted by atomic mass is 35.5. The summed E-state index contributed by atoms with van der Waals surface area (Å²) in [5, 5.41) is 3.59. The molecule has 1 aliphatic heterocycles. The Labute approximate surface area is 198 Å². The molecule has 6 nitrogen and oxygen atoms in total. The number of thioether (sulfide) groups is 1. The summed E-state index contributed by atoms with van der Waals surface area (Å²) in [7, 11) is 1.64. The van der Waals surface area contributed by atoms with Crippen molar-refractivity contribution in [2.45, 2.75) is 38.1 Å². The molecule has 1 aliphatic rings.